The minimum absolute atomic E-state index is 0.133. The Morgan fingerprint density at radius 3 is 2.46 bits per heavy atom. The van der Waals surface area contributed by atoms with Crippen molar-refractivity contribution in [3.63, 3.8) is 0 Å². The van der Waals surface area contributed by atoms with Gasteiger partial charge in [-0.15, -0.1) is 13.2 Å². The molecule has 126 valence electrons. The van der Waals surface area contributed by atoms with Gasteiger partial charge in [-0.05, 0) is 41.0 Å². The summed E-state index contributed by atoms with van der Waals surface area (Å²) in [6.45, 7) is 1.61. The Labute approximate surface area is 132 Å². The van der Waals surface area contributed by atoms with E-state index in [0.29, 0.717) is 11.3 Å². The molecule has 3 rings (SSSR count). The van der Waals surface area contributed by atoms with Crippen LogP contribution >= 0.6 is 0 Å². The Kier molecular flexibility index (Phi) is 3.83. The van der Waals surface area contributed by atoms with Gasteiger partial charge in [0.05, 0.1) is 7.11 Å². The Morgan fingerprint density at radius 1 is 1.12 bits per heavy atom. The maximum atomic E-state index is 12.2. The third kappa shape index (κ3) is 3.29. The summed E-state index contributed by atoms with van der Waals surface area (Å²) in [5.41, 5.74) is 1.32. The van der Waals surface area contributed by atoms with Gasteiger partial charge in [-0.1, -0.05) is 0 Å². The van der Waals surface area contributed by atoms with Crippen LogP contribution < -0.4 is 14.8 Å². The van der Waals surface area contributed by atoms with Crippen LogP contribution in [0.15, 0.2) is 22.8 Å². The molecule has 0 atom stereocenters. The zero-order valence-electron chi connectivity index (χ0n) is 12.4. The number of alkyl halides is 3. The molecule has 0 fully saturated rings. The second-order valence-corrected chi connectivity index (χ2v) is 4.64. The van der Waals surface area contributed by atoms with Crippen molar-refractivity contribution in [2.75, 3.05) is 12.4 Å². The van der Waals surface area contributed by atoms with Gasteiger partial charge in [0.15, 0.2) is 5.82 Å². The molecular weight excluding hydrogens is 331 g/mol. The van der Waals surface area contributed by atoms with Gasteiger partial charge in [0.2, 0.25) is 11.3 Å². The van der Waals surface area contributed by atoms with Crippen LogP contribution in [-0.2, 0) is 0 Å². The van der Waals surface area contributed by atoms with Crippen LogP contribution in [0, 0.1) is 6.92 Å². The number of hydrogen-bond donors (Lipinski definition) is 1. The SMILES string of the molecule is COc1nc2nonc2nc1Nc1ccc(OC(F)(F)F)cc1C. The summed E-state index contributed by atoms with van der Waals surface area (Å²) in [5.74, 6) is 0.0289. The lowest BCUT2D eigenvalue weighted by Crippen LogP contribution is -2.17. The lowest BCUT2D eigenvalue weighted by atomic mass is 10.2. The Hall–Kier alpha value is -3.11. The Bertz CT molecular complexity index is 881. The van der Waals surface area contributed by atoms with Crippen molar-refractivity contribution in [3.8, 4) is 11.6 Å². The smallest absolute Gasteiger partial charge is 0.478 e. The zero-order valence-corrected chi connectivity index (χ0v) is 12.4. The summed E-state index contributed by atoms with van der Waals surface area (Å²) < 4.78 is 50.2. The van der Waals surface area contributed by atoms with Crippen molar-refractivity contribution >= 4 is 22.8 Å². The van der Waals surface area contributed by atoms with Gasteiger partial charge in [0.25, 0.3) is 5.88 Å². The highest BCUT2D eigenvalue weighted by Crippen LogP contribution is 2.30. The molecule has 0 saturated heterocycles. The minimum Gasteiger partial charge on any atom is -0.478 e. The first-order valence-corrected chi connectivity index (χ1v) is 6.53. The quantitative estimate of drug-likeness (QED) is 0.774. The summed E-state index contributed by atoms with van der Waals surface area (Å²) in [6, 6.07) is 3.84. The van der Waals surface area contributed by atoms with Gasteiger partial charge in [0.1, 0.15) is 5.75 Å². The van der Waals surface area contributed by atoms with Crippen molar-refractivity contribution in [1.29, 1.82) is 0 Å². The summed E-state index contributed by atoms with van der Waals surface area (Å²) in [4.78, 5) is 8.20. The highest BCUT2D eigenvalue weighted by molar-refractivity contribution is 5.72. The van der Waals surface area contributed by atoms with Crippen LogP contribution in [-0.4, -0.2) is 33.8 Å². The van der Waals surface area contributed by atoms with Gasteiger partial charge < -0.3 is 14.8 Å². The topological polar surface area (TPSA) is 95.2 Å². The lowest BCUT2D eigenvalue weighted by molar-refractivity contribution is -0.274. The first-order valence-electron chi connectivity index (χ1n) is 6.53. The number of benzene rings is 1. The number of nitrogens with one attached hydrogen (secondary N) is 1. The molecule has 0 saturated carbocycles. The average Bonchev–Trinajstić information content (AvgIpc) is 2.94. The van der Waals surface area contributed by atoms with Crippen LogP contribution in [0.5, 0.6) is 11.6 Å². The van der Waals surface area contributed by atoms with Crippen LogP contribution in [0.25, 0.3) is 11.3 Å². The molecular formula is C13H10F3N5O3. The maximum absolute atomic E-state index is 12.2. The third-order valence-electron chi connectivity index (χ3n) is 2.96. The van der Waals surface area contributed by atoms with Gasteiger partial charge >= 0.3 is 6.36 Å². The molecule has 8 nitrogen and oxygen atoms in total. The van der Waals surface area contributed by atoms with Crippen LogP contribution in [0.1, 0.15) is 5.56 Å². The number of methoxy groups -OCH3 is 1. The fraction of sp³-hybridized carbons (Fsp3) is 0.231. The molecule has 0 bridgehead atoms. The molecule has 2 aromatic heterocycles. The summed E-state index contributed by atoms with van der Waals surface area (Å²) >= 11 is 0. The number of hydrogen-bond acceptors (Lipinski definition) is 8. The highest BCUT2D eigenvalue weighted by Gasteiger charge is 2.31. The molecule has 24 heavy (non-hydrogen) atoms. The molecule has 0 unspecified atom stereocenters. The van der Waals surface area contributed by atoms with Crippen molar-refractivity contribution in [2.24, 2.45) is 0 Å². The first-order chi connectivity index (χ1) is 11.4. The Balaban J connectivity index is 1.90. The van der Waals surface area contributed by atoms with E-state index in [1.165, 1.54) is 25.3 Å². The molecule has 0 radical (unpaired) electrons. The van der Waals surface area contributed by atoms with Crippen molar-refractivity contribution in [1.82, 2.24) is 20.3 Å². The second kappa shape index (κ2) is 5.83. The summed E-state index contributed by atoms with van der Waals surface area (Å²) in [7, 11) is 1.39. The molecule has 1 N–H and O–H groups in total. The van der Waals surface area contributed by atoms with Crippen molar-refractivity contribution in [3.05, 3.63) is 23.8 Å². The van der Waals surface area contributed by atoms with E-state index < -0.39 is 6.36 Å². The van der Waals surface area contributed by atoms with E-state index in [0.717, 1.165) is 0 Å². The van der Waals surface area contributed by atoms with Crippen molar-refractivity contribution in [2.45, 2.75) is 13.3 Å². The van der Waals surface area contributed by atoms with E-state index in [4.69, 9.17) is 4.74 Å². The highest BCUT2D eigenvalue weighted by atomic mass is 19.4. The lowest BCUT2D eigenvalue weighted by Gasteiger charge is -2.13. The molecule has 0 amide bonds. The summed E-state index contributed by atoms with van der Waals surface area (Å²) in [5, 5.41) is 10.0. The number of rotatable bonds is 4. The van der Waals surface area contributed by atoms with Crippen molar-refractivity contribution < 1.29 is 27.3 Å². The third-order valence-corrected chi connectivity index (χ3v) is 2.96. The number of anilines is 2. The first kappa shape index (κ1) is 15.8. The summed E-state index contributed by atoms with van der Waals surface area (Å²) in [6.07, 6.45) is -4.75. The number of aryl methyl sites for hydroxylation is 1. The van der Waals surface area contributed by atoms with E-state index in [2.05, 4.69) is 35.0 Å². The van der Waals surface area contributed by atoms with E-state index in [-0.39, 0.29) is 28.7 Å². The minimum atomic E-state index is -4.75. The Morgan fingerprint density at radius 2 is 1.83 bits per heavy atom. The van der Waals surface area contributed by atoms with Crippen LogP contribution in [0.3, 0.4) is 0 Å². The fourth-order valence-electron chi connectivity index (χ4n) is 1.95. The molecule has 3 aromatic rings. The van der Waals surface area contributed by atoms with Gasteiger partial charge in [-0.25, -0.2) is 4.63 Å². The number of nitrogens with zero attached hydrogens (tertiary/aromatic N) is 4. The van der Waals surface area contributed by atoms with E-state index in [9.17, 15) is 13.2 Å². The van der Waals surface area contributed by atoms with Gasteiger partial charge in [-0.2, -0.15) is 9.97 Å². The monoisotopic (exact) mass is 341 g/mol. The molecule has 11 heteroatoms. The molecule has 0 aliphatic rings. The second-order valence-electron chi connectivity index (χ2n) is 4.64. The molecule has 0 aliphatic carbocycles. The number of aromatic nitrogens is 4. The molecule has 2 heterocycles. The fourth-order valence-corrected chi connectivity index (χ4v) is 1.95. The molecule has 0 spiro atoms. The van der Waals surface area contributed by atoms with E-state index >= 15 is 0 Å². The van der Waals surface area contributed by atoms with Crippen LogP contribution in [0.2, 0.25) is 0 Å². The molecule has 0 aliphatic heterocycles. The number of ether oxygens (including phenoxy) is 2. The number of halogens is 3. The molecule has 1 aromatic carbocycles. The van der Waals surface area contributed by atoms with E-state index in [1.807, 2.05) is 0 Å². The predicted octanol–water partition coefficient (Wildman–Crippen LogP) is 2.97. The van der Waals surface area contributed by atoms with E-state index in [1.54, 1.807) is 6.92 Å². The maximum Gasteiger partial charge on any atom is 0.573 e. The van der Waals surface area contributed by atoms with Crippen LogP contribution in [0.4, 0.5) is 24.7 Å². The largest absolute Gasteiger partial charge is 0.573 e. The van der Waals surface area contributed by atoms with Gasteiger partial charge in [0, 0.05) is 5.69 Å². The predicted molar refractivity (Wildman–Crippen MR) is 75.1 cm³/mol. The average molecular weight is 341 g/mol. The standard InChI is InChI=1S/C13H10F3N5O3/c1-6-5-7(23-13(14,15)16)3-4-8(6)17-11-12(22-2)19-10-9(18-11)20-24-21-10/h3-5H,1-2H3,(H,17,18,20). The normalized spacial score (nSPS) is 11.5. The van der Waals surface area contributed by atoms with Gasteiger partial charge in [-0.3, -0.25) is 0 Å². The zero-order chi connectivity index (χ0) is 17.3. The number of fused-ring (bicyclic) bond motifs is 1.